The first kappa shape index (κ1) is 102. The van der Waals surface area contributed by atoms with E-state index in [1.54, 1.807) is 0 Å². The van der Waals surface area contributed by atoms with Crippen LogP contribution in [0.25, 0.3) is 11.1 Å². The molecular weight excluding hydrogens is 1660 g/mol. The predicted molar refractivity (Wildman–Crippen MR) is 474 cm³/mol. The summed E-state index contributed by atoms with van der Waals surface area (Å²) in [5.74, 6) is 1.84. The Balaban J connectivity index is 0.000000366. The number of aliphatic carboxylic acids is 1. The molecule has 5 unspecified atom stereocenters. The van der Waals surface area contributed by atoms with Gasteiger partial charge in [-0.15, -0.1) is 8.75 Å². The number of ether oxygens (including phenoxy) is 4. The average molecular weight is 1830 g/mol. The summed E-state index contributed by atoms with van der Waals surface area (Å²) in [7, 11) is 4.58. The molecule has 7 rings (SSSR count). The van der Waals surface area contributed by atoms with Crippen molar-refractivity contribution in [1.29, 1.82) is 0 Å². The van der Waals surface area contributed by atoms with Crippen LogP contribution in [0.2, 0.25) is 0 Å². The molecule has 3 fully saturated rings. The summed E-state index contributed by atoms with van der Waals surface area (Å²) in [5.41, 5.74) is 3.64. The molecular formula is C94H168I2N6O8S2. The number of quaternary nitrogens is 2. The topological polar surface area (TPSA) is 163 Å². The Morgan fingerprint density at radius 1 is 0.429 bits per heavy atom. The Morgan fingerprint density at radius 3 is 1.02 bits per heavy atom. The molecule has 3 aliphatic carbocycles. The van der Waals surface area contributed by atoms with Crippen molar-refractivity contribution in [3.63, 3.8) is 0 Å². The predicted octanol–water partition coefficient (Wildman–Crippen LogP) is 24.0. The van der Waals surface area contributed by atoms with Gasteiger partial charge in [-0.25, -0.2) is 0 Å². The minimum Gasteiger partial charge on any atom is -1.00 e. The zero-order valence-electron chi connectivity index (χ0n) is 73.1. The Bertz CT molecular complexity index is 2570. The van der Waals surface area contributed by atoms with E-state index in [-0.39, 0.29) is 48.4 Å². The van der Waals surface area contributed by atoms with Crippen LogP contribution in [0.4, 0.5) is 0 Å². The Hall–Kier alpha value is -2.01. The number of hydrogen-bond acceptors (Lipinski definition) is 14. The van der Waals surface area contributed by atoms with E-state index in [4.69, 9.17) is 18.9 Å². The van der Waals surface area contributed by atoms with Crippen molar-refractivity contribution in [2.24, 2.45) is 23.2 Å². The number of carbonyl (C=O) groups is 3. The van der Waals surface area contributed by atoms with Gasteiger partial charge in [0.2, 0.25) is 12.5 Å². The van der Waals surface area contributed by atoms with Gasteiger partial charge in [-0.3, -0.25) is 18.6 Å². The van der Waals surface area contributed by atoms with E-state index in [1.807, 2.05) is 0 Å². The lowest BCUT2D eigenvalue weighted by Crippen LogP contribution is -3.00. The third-order valence-corrected chi connectivity index (χ3v) is 28.1. The molecule has 0 saturated heterocycles. The number of unbranched alkanes of at least 4 members (excludes halogenated alkanes) is 41. The molecule has 5 atom stereocenters. The molecule has 112 heavy (non-hydrogen) atoms. The molecule has 4 heterocycles. The first-order valence-corrected chi connectivity index (χ1v) is 50.4. The third kappa shape index (κ3) is 41.3. The highest BCUT2D eigenvalue weighted by Crippen LogP contribution is 2.46. The first-order valence-electron chi connectivity index (χ1n) is 47.5. The van der Waals surface area contributed by atoms with Crippen LogP contribution < -0.4 is 38.6 Å². The van der Waals surface area contributed by atoms with E-state index in [9.17, 15) is 19.5 Å². The summed E-state index contributed by atoms with van der Waals surface area (Å²) in [4.78, 5) is 38.2. The van der Waals surface area contributed by atoms with Gasteiger partial charge < -0.3 is 52.8 Å². The molecule has 0 aromatic carbocycles. The van der Waals surface area contributed by atoms with Crippen LogP contribution in [0.5, 0.6) is 11.8 Å². The molecule has 2 aliphatic heterocycles. The van der Waals surface area contributed by atoms with E-state index in [1.165, 1.54) is 324 Å². The fourth-order valence-electron chi connectivity index (χ4n) is 18.6. The SMILES string of the molecule is CCCCCCCCCCCCCCC(CI)(C(=O)[O-])C1CCCC1.CCCCCCCCCCCCCCCC(=O)OC(C1CCCC1)[N+]1(C)CCC=C(c2nsnc2OCCCCCC)C1.CCCCCCCCCCCCCCCC(=O)OC(C1CCCC1)[N+]1(C)CCC=C(c2nsnc2OCCCCCC)C1.[I-]. The second-order valence-corrected chi connectivity index (χ2v) is 37.3. The van der Waals surface area contributed by atoms with Crippen molar-refractivity contribution < 1.29 is 71.4 Å². The second-order valence-electron chi connectivity index (χ2n) is 35.4. The lowest BCUT2D eigenvalue weighted by molar-refractivity contribution is -0.951. The van der Waals surface area contributed by atoms with E-state index in [0.29, 0.717) is 55.6 Å². The maximum absolute atomic E-state index is 13.2. The van der Waals surface area contributed by atoms with E-state index < -0.39 is 11.4 Å². The maximum atomic E-state index is 13.2. The maximum Gasteiger partial charge on any atom is 0.310 e. The molecule has 2 aromatic rings. The lowest BCUT2D eigenvalue weighted by atomic mass is 9.72. The molecule has 3 saturated carbocycles. The standard InChI is InChI=1S/2C36H64N3O3S.C22H41IO2.HI/c2*1-4-6-8-10-11-12-13-14-15-16-17-18-19-27-33(40)42-36(31-24-20-21-25-31)39(3)28-23-26-32(30-39)34-35(38-43-37-34)41-29-22-9-7-5-2;1-2-3-4-5-6-7-8-9-10-11-12-15-18-22(19-23,21(24)25)20-16-13-14-17-20;/h2*26,31,36H,4-25,27-30H2,1-3H3;20H,2-19H2,1H3,(H,24,25);1H/q2*+1;;/p-2. The van der Waals surface area contributed by atoms with Crippen molar-refractivity contribution >= 4 is 75.1 Å². The molecule has 14 nitrogen and oxygen atoms in total. The average Bonchev–Trinajstić information content (AvgIpc) is 1.86. The largest absolute Gasteiger partial charge is 1.00 e. The molecule has 5 aliphatic rings. The van der Waals surface area contributed by atoms with Crippen molar-refractivity contribution in [3.8, 4) is 11.8 Å². The number of alkyl halides is 1. The van der Waals surface area contributed by atoms with Crippen LogP contribution in [0.1, 0.15) is 451 Å². The van der Waals surface area contributed by atoms with E-state index >= 15 is 0 Å². The monoisotopic (exact) mass is 1830 g/mol. The van der Waals surface area contributed by atoms with Crippen LogP contribution in [0.3, 0.4) is 0 Å². The smallest absolute Gasteiger partial charge is 0.310 e. The van der Waals surface area contributed by atoms with Crippen molar-refractivity contribution in [3.05, 3.63) is 23.5 Å². The highest BCUT2D eigenvalue weighted by atomic mass is 127. The normalized spacial score (nSPS) is 19.2. The fraction of sp³-hybridized carbons (Fsp3) is 0.883. The lowest BCUT2D eigenvalue weighted by Gasteiger charge is -2.45. The third-order valence-electron chi connectivity index (χ3n) is 25.7. The Morgan fingerprint density at radius 2 is 0.714 bits per heavy atom. The van der Waals surface area contributed by atoms with Gasteiger partial charge in [0.05, 0.1) is 63.9 Å². The van der Waals surface area contributed by atoms with Gasteiger partial charge in [-0.05, 0) is 76.5 Å². The van der Waals surface area contributed by atoms with Crippen LogP contribution in [-0.2, 0) is 23.9 Å². The van der Waals surface area contributed by atoms with Gasteiger partial charge in [-0.2, -0.15) is 8.75 Å². The van der Waals surface area contributed by atoms with Gasteiger partial charge in [0.1, 0.15) is 24.5 Å². The molecule has 0 spiro atoms. The van der Waals surface area contributed by atoms with E-state index in [2.05, 4.69) is 101 Å². The highest BCUT2D eigenvalue weighted by Gasteiger charge is 2.47. The number of hydrogen-bond donors (Lipinski definition) is 0. The molecule has 0 bridgehead atoms. The molecule has 18 heteroatoms. The van der Waals surface area contributed by atoms with Crippen molar-refractivity contribution in [2.45, 2.75) is 452 Å². The molecule has 648 valence electrons. The summed E-state index contributed by atoms with van der Waals surface area (Å²) >= 11 is 4.76. The zero-order valence-corrected chi connectivity index (χ0v) is 79.0. The number of carboxylic acids is 1. The van der Waals surface area contributed by atoms with Gasteiger partial charge in [0.15, 0.2) is 0 Å². The molecule has 0 N–H and O–H groups in total. The minimum atomic E-state index is -0.781. The summed E-state index contributed by atoms with van der Waals surface area (Å²) < 4.78 is 45.5. The van der Waals surface area contributed by atoms with Gasteiger partial charge in [-0.1, -0.05) is 378 Å². The Kier molecular flexibility index (Phi) is 59.3. The number of aromatic nitrogens is 4. The van der Waals surface area contributed by atoms with Gasteiger partial charge >= 0.3 is 11.9 Å². The zero-order chi connectivity index (χ0) is 79.6. The molecule has 0 radical (unpaired) electrons. The molecule has 0 amide bonds. The first-order chi connectivity index (χ1) is 54.3. The Labute approximate surface area is 726 Å². The van der Waals surface area contributed by atoms with Gasteiger partial charge in [0.25, 0.3) is 11.8 Å². The number of carboxylic acid groups (broad SMARTS) is 1. The second kappa shape index (κ2) is 64.9. The number of likely N-dealkylation sites (N-methyl/N-ethyl adjacent to an activating group) is 2. The number of esters is 2. The highest BCUT2D eigenvalue weighted by molar-refractivity contribution is 14.1. The van der Waals surface area contributed by atoms with Crippen molar-refractivity contribution in [1.82, 2.24) is 17.5 Å². The summed E-state index contributed by atoms with van der Waals surface area (Å²) in [5, 5.41) is 11.9. The summed E-state index contributed by atoms with van der Waals surface area (Å²) in [6.07, 6.45) is 82.1. The van der Waals surface area contributed by atoms with Crippen LogP contribution in [-0.4, -0.2) is 115 Å². The number of halogens is 2. The van der Waals surface area contributed by atoms with Crippen molar-refractivity contribution in [2.75, 3.05) is 57.9 Å². The van der Waals surface area contributed by atoms with Gasteiger partial charge in [0, 0.05) is 64.5 Å². The van der Waals surface area contributed by atoms with Crippen LogP contribution in [0.15, 0.2) is 12.2 Å². The van der Waals surface area contributed by atoms with E-state index in [0.717, 1.165) is 154 Å². The minimum absolute atomic E-state index is 0. The van der Waals surface area contributed by atoms with Crippen LogP contribution in [0, 0.1) is 23.2 Å². The fourth-order valence-corrected chi connectivity index (χ4v) is 21.0. The number of carbonyl (C=O) groups excluding carboxylic acids is 3. The van der Waals surface area contributed by atoms with Crippen LogP contribution >= 0.6 is 46.0 Å². The quantitative estimate of drug-likeness (QED) is 0.0203. The number of rotatable bonds is 64. The molecule has 2 aromatic heterocycles. The number of nitrogens with zero attached hydrogens (tertiary/aromatic N) is 6. The summed E-state index contributed by atoms with van der Waals surface area (Å²) in [6, 6.07) is 0. The summed E-state index contributed by atoms with van der Waals surface area (Å²) in [6.45, 7) is 16.3.